The molecule has 0 rings (SSSR count). The van der Waals surface area contributed by atoms with E-state index in [2.05, 4.69) is 35.1 Å². The van der Waals surface area contributed by atoms with Gasteiger partial charge in [-0.05, 0) is 0 Å². The Kier molecular flexibility index (Phi) is 5.91. The monoisotopic (exact) mass is 178 g/mol. The van der Waals surface area contributed by atoms with Crippen molar-refractivity contribution in [1.82, 2.24) is 10.6 Å². The molecule has 2 N–H and O–H groups in total. The molecule has 0 aromatic rings. The van der Waals surface area contributed by atoms with E-state index in [9.17, 15) is 0 Å². The van der Waals surface area contributed by atoms with Crippen LogP contribution < -0.4 is 10.6 Å². The third-order valence-corrected chi connectivity index (χ3v) is 1.11. The van der Waals surface area contributed by atoms with Gasteiger partial charge in [0.05, 0.1) is 22.5 Å². The van der Waals surface area contributed by atoms with Gasteiger partial charge in [-0.3, -0.25) is 0 Å². The summed E-state index contributed by atoms with van der Waals surface area (Å²) in [7, 11) is 0. The largest absolute Gasteiger partial charge is 0.376 e. The van der Waals surface area contributed by atoms with E-state index in [1.54, 1.807) is 0 Å². The first-order valence-electron chi connectivity index (χ1n) is 2.21. The van der Waals surface area contributed by atoms with E-state index >= 15 is 0 Å². The van der Waals surface area contributed by atoms with Crippen molar-refractivity contribution in [2.75, 3.05) is 6.54 Å². The van der Waals surface area contributed by atoms with Crippen molar-refractivity contribution in [2.45, 2.75) is 0 Å². The van der Waals surface area contributed by atoms with Crippen LogP contribution in [-0.4, -0.2) is 22.5 Å². The lowest BCUT2D eigenvalue weighted by Crippen LogP contribution is -2.29. The number of nitrogens with one attached hydrogen (secondary N) is 2. The lowest BCUT2D eigenvalue weighted by atomic mass is 10.6. The van der Waals surface area contributed by atoms with Gasteiger partial charge in [0.2, 0.25) is 0 Å². The Labute approximate surface area is 70.0 Å². The van der Waals surface area contributed by atoms with E-state index in [-0.39, 0.29) is 0 Å². The summed E-state index contributed by atoms with van der Waals surface area (Å²) in [5.74, 6) is 0. The molecule has 0 aliphatic carbocycles. The molecule has 0 saturated carbocycles. The molecule has 0 amide bonds. The summed E-state index contributed by atoms with van der Waals surface area (Å²) in [6.45, 7) is 0.548. The van der Waals surface area contributed by atoms with Gasteiger partial charge < -0.3 is 10.6 Å². The highest BCUT2D eigenvalue weighted by Crippen LogP contribution is 1.65. The van der Waals surface area contributed by atoms with E-state index in [0.717, 1.165) is 0 Å². The molecule has 2 nitrogen and oxygen atoms in total. The van der Waals surface area contributed by atoms with E-state index in [0.29, 0.717) is 11.5 Å². The zero-order valence-electron chi connectivity index (χ0n) is 4.59. The van der Waals surface area contributed by atoms with Gasteiger partial charge in [0.15, 0.2) is 0 Å². The molecule has 5 heteroatoms. The first kappa shape index (κ1) is 8.87. The fourth-order valence-corrected chi connectivity index (χ4v) is 0.694. The highest BCUT2D eigenvalue weighted by Gasteiger charge is 1.86. The van der Waals surface area contributed by atoms with Crippen molar-refractivity contribution in [2.24, 2.45) is 0 Å². The minimum Gasteiger partial charge on any atom is -0.376 e. The van der Waals surface area contributed by atoms with Crippen LogP contribution in [0.3, 0.4) is 0 Å². The first-order valence-corrected chi connectivity index (χ1v) is 3.56. The SMILES string of the molecule is S=CNCC(=S)NC=S. The molecule has 0 aliphatic heterocycles. The lowest BCUT2D eigenvalue weighted by Gasteiger charge is -1.99. The predicted octanol–water partition coefficient (Wildman–Crippen LogP) is 0.407. The van der Waals surface area contributed by atoms with Crippen molar-refractivity contribution in [3.63, 3.8) is 0 Å². The van der Waals surface area contributed by atoms with Gasteiger partial charge in [0.1, 0.15) is 0 Å². The molecule has 0 heterocycles. The number of hydrogen-bond donors (Lipinski definition) is 2. The first-order chi connectivity index (χ1) is 4.31. The van der Waals surface area contributed by atoms with Gasteiger partial charge in [-0.15, -0.1) is 0 Å². The van der Waals surface area contributed by atoms with Gasteiger partial charge in [-0.25, -0.2) is 0 Å². The molecular weight excluding hydrogens is 172 g/mol. The third-order valence-electron chi connectivity index (χ3n) is 0.566. The zero-order valence-corrected chi connectivity index (χ0v) is 7.04. The smallest absolute Gasteiger partial charge is 0.0993 e. The van der Waals surface area contributed by atoms with Crippen LogP contribution >= 0.6 is 36.7 Å². The topological polar surface area (TPSA) is 24.1 Å². The summed E-state index contributed by atoms with van der Waals surface area (Å²) in [6.07, 6.45) is 0. The minimum atomic E-state index is 0.548. The number of rotatable bonds is 4. The van der Waals surface area contributed by atoms with E-state index < -0.39 is 0 Å². The number of hydrogen-bond acceptors (Lipinski definition) is 3. The Morgan fingerprint density at radius 1 is 1.33 bits per heavy atom. The van der Waals surface area contributed by atoms with Crippen LogP contribution in [0, 0.1) is 0 Å². The summed E-state index contributed by atoms with van der Waals surface area (Å²) < 4.78 is 0. The minimum absolute atomic E-state index is 0.548. The van der Waals surface area contributed by atoms with Gasteiger partial charge in [-0.2, -0.15) is 0 Å². The highest BCUT2D eigenvalue weighted by atomic mass is 32.1. The van der Waals surface area contributed by atoms with Crippen molar-refractivity contribution in [3.05, 3.63) is 0 Å². The molecule has 0 aliphatic rings. The molecule has 0 aromatic carbocycles. The maximum absolute atomic E-state index is 4.78. The molecule has 0 aromatic heterocycles. The molecule has 0 saturated heterocycles. The van der Waals surface area contributed by atoms with Crippen LogP contribution in [0.5, 0.6) is 0 Å². The standard InChI is InChI=1S/C4H6N2S3/c7-2-5-1-4(9)6-3-8/h2-3H,1H2,(H,5,7)(H,6,8,9). The Morgan fingerprint density at radius 3 is 2.44 bits per heavy atom. The fraction of sp³-hybridized carbons (Fsp3) is 0.250. The van der Waals surface area contributed by atoms with Crippen molar-refractivity contribution < 1.29 is 0 Å². The summed E-state index contributed by atoms with van der Waals surface area (Å²) in [5.41, 5.74) is 2.78. The van der Waals surface area contributed by atoms with Crippen LogP contribution in [0.2, 0.25) is 0 Å². The molecule has 9 heavy (non-hydrogen) atoms. The molecule has 0 unspecified atom stereocenters. The normalized spacial score (nSPS) is 7.56. The van der Waals surface area contributed by atoms with E-state index in [4.69, 9.17) is 12.2 Å². The lowest BCUT2D eigenvalue weighted by molar-refractivity contribution is 1.11. The molecule has 0 fully saturated rings. The Balaban J connectivity index is 3.26. The predicted molar refractivity (Wildman–Crippen MR) is 51.0 cm³/mol. The second kappa shape index (κ2) is 6.00. The summed E-state index contributed by atoms with van der Waals surface area (Å²) >= 11 is 13.8. The highest BCUT2D eigenvalue weighted by molar-refractivity contribution is 7.81. The summed E-state index contributed by atoms with van der Waals surface area (Å²) in [5, 5.41) is 5.43. The van der Waals surface area contributed by atoms with Gasteiger partial charge in [0.25, 0.3) is 0 Å². The van der Waals surface area contributed by atoms with E-state index in [1.807, 2.05) is 0 Å². The van der Waals surface area contributed by atoms with Crippen LogP contribution in [0.15, 0.2) is 0 Å². The van der Waals surface area contributed by atoms with Gasteiger partial charge in [-0.1, -0.05) is 36.7 Å². The molecule has 50 valence electrons. The van der Waals surface area contributed by atoms with Gasteiger partial charge >= 0.3 is 0 Å². The maximum Gasteiger partial charge on any atom is 0.0993 e. The summed E-state index contributed by atoms with van der Waals surface area (Å²) in [4.78, 5) is 0.645. The van der Waals surface area contributed by atoms with E-state index in [1.165, 1.54) is 11.0 Å². The average molecular weight is 178 g/mol. The Morgan fingerprint density at radius 2 is 2.00 bits per heavy atom. The molecule has 0 bridgehead atoms. The van der Waals surface area contributed by atoms with Crippen LogP contribution in [0.25, 0.3) is 0 Å². The third kappa shape index (κ3) is 5.75. The van der Waals surface area contributed by atoms with Crippen LogP contribution in [-0.2, 0) is 0 Å². The second-order valence-corrected chi connectivity index (χ2v) is 2.15. The van der Waals surface area contributed by atoms with Crippen molar-refractivity contribution in [3.8, 4) is 0 Å². The van der Waals surface area contributed by atoms with Crippen molar-refractivity contribution in [1.29, 1.82) is 0 Å². The maximum atomic E-state index is 4.78. The Hall–Kier alpha value is -0.130. The molecule has 0 radical (unpaired) electrons. The van der Waals surface area contributed by atoms with Crippen LogP contribution in [0.1, 0.15) is 0 Å². The van der Waals surface area contributed by atoms with Gasteiger partial charge in [0, 0.05) is 0 Å². The Bertz CT molecular complexity index is 123. The molecule has 0 spiro atoms. The molecular formula is C4H6N2S3. The zero-order chi connectivity index (χ0) is 7.11. The average Bonchev–Trinajstić information content (AvgIpc) is 1.85. The quantitative estimate of drug-likeness (QED) is 0.607. The van der Waals surface area contributed by atoms with Crippen LogP contribution in [0.4, 0.5) is 0 Å². The fourth-order valence-electron chi connectivity index (χ4n) is 0.251. The molecule has 0 atom stereocenters. The number of thiocarbonyl (C=S) groups is 3. The summed E-state index contributed by atoms with van der Waals surface area (Å²) in [6, 6.07) is 0. The second-order valence-electron chi connectivity index (χ2n) is 1.18. The van der Waals surface area contributed by atoms with Crippen molar-refractivity contribution >= 4 is 52.6 Å².